The summed E-state index contributed by atoms with van der Waals surface area (Å²) >= 11 is 0. The fraction of sp³-hybridized carbons (Fsp3) is 0.500. The number of pyridine rings is 1. The van der Waals surface area contributed by atoms with Gasteiger partial charge >= 0.3 is 0 Å². The Morgan fingerprint density at radius 2 is 2.20 bits per heavy atom. The van der Waals surface area contributed by atoms with Gasteiger partial charge in [0.25, 0.3) is 5.56 Å². The van der Waals surface area contributed by atoms with E-state index in [1.807, 2.05) is 0 Å². The minimum Gasteiger partial charge on any atom is -0.394 e. The first-order valence-electron chi connectivity index (χ1n) is 4.73. The lowest BCUT2D eigenvalue weighted by atomic mass is 10.2. The maximum Gasteiger partial charge on any atom is 0.273 e. The monoisotopic (exact) mass is 216 g/mol. The molecule has 3 nitrogen and oxygen atoms in total. The van der Waals surface area contributed by atoms with Gasteiger partial charge in [0.15, 0.2) is 0 Å². The Morgan fingerprint density at radius 3 is 2.80 bits per heavy atom. The lowest BCUT2D eigenvalue weighted by Crippen LogP contribution is -2.23. The molecule has 0 saturated heterocycles. The third-order valence-electron chi connectivity index (χ3n) is 2.06. The topological polar surface area (TPSA) is 48.0 Å². The highest BCUT2D eigenvalue weighted by atomic mass is 19.3. The molecule has 0 aromatic carbocycles. The van der Waals surface area contributed by atoms with Crippen LogP contribution in [-0.2, 0) is 6.54 Å². The van der Waals surface area contributed by atoms with E-state index in [9.17, 15) is 13.6 Å². The second-order valence-corrected chi connectivity index (χ2v) is 3.64. The minimum atomic E-state index is -2.68. The number of halogens is 2. The zero-order valence-corrected chi connectivity index (χ0v) is 8.54. The molecule has 0 aliphatic rings. The van der Waals surface area contributed by atoms with Crippen molar-refractivity contribution in [3.8, 4) is 0 Å². The summed E-state index contributed by atoms with van der Waals surface area (Å²) in [7, 11) is 0. The molecule has 0 atom stereocenters. The van der Waals surface area contributed by atoms with Crippen molar-refractivity contribution in [3.05, 3.63) is 28.7 Å². The van der Waals surface area contributed by atoms with E-state index in [4.69, 9.17) is 5.73 Å². The second kappa shape index (κ2) is 4.42. The Balaban J connectivity index is 2.59. The largest absolute Gasteiger partial charge is 0.394 e. The molecule has 0 radical (unpaired) electrons. The third kappa shape index (κ3) is 3.69. The summed E-state index contributed by atoms with van der Waals surface area (Å²) in [6, 6.07) is 3.12. The lowest BCUT2D eigenvalue weighted by Gasteiger charge is -2.10. The van der Waals surface area contributed by atoms with Gasteiger partial charge in [0.1, 0.15) is 0 Å². The van der Waals surface area contributed by atoms with E-state index in [-0.39, 0.29) is 30.6 Å². The van der Waals surface area contributed by atoms with Crippen LogP contribution in [0.4, 0.5) is 14.5 Å². The van der Waals surface area contributed by atoms with Gasteiger partial charge in [-0.3, -0.25) is 4.79 Å². The van der Waals surface area contributed by atoms with Crippen LogP contribution in [0.3, 0.4) is 0 Å². The first-order valence-corrected chi connectivity index (χ1v) is 4.73. The van der Waals surface area contributed by atoms with Crippen molar-refractivity contribution in [2.24, 2.45) is 0 Å². The van der Waals surface area contributed by atoms with Crippen molar-refractivity contribution < 1.29 is 8.78 Å². The number of nitrogens with two attached hydrogens (primary N) is 1. The molecule has 0 saturated carbocycles. The molecule has 1 rings (SSSR count). The normalized spacial score (nSPS) is 11.7. The van der Waals surface area contributed by atoms with Crippen LogP contribution in [0.25, 0.3) is 0 Å². The number of aryl methyl sites for hydroxylation is 1. The van der Waals surface area contributed by atoms with Crippen LogP contribution < -0.4 is 11.3 Å². The summed E-state index contributed by atoms with van der Waals surface area (Å²) in [6.07, 6.45) is 1.58. The number of hydrogen-bond acceptors (Lipinski definition) is 2. The average Bonchev–Trinajstić information content (AvgIpc) is 2.10. The molecule has 5 heteroatoms. The van der Waals surface area contributed by atoms with Crippen LogP contribution in [0.2, 0.25) is 0 Å². The fourth-order valence-electron chi connectivity index (χ4n) is 1.29. The van der Waals surface area contributed by atoms with Gasteiger partial charge in [-0.05, 0) is 25.5 Å². The van der Waals surface area contributed by atoms with E-state index >= 15 is 0 Å². The molecule has 0 aliphatic heterocycles. The SMILES string of the molecule is CC(F)(F)CCCn1cccc(N)c1=O. The predicted molar refractivity (Wildman–Crippen MR) is 55.0 cm³/mol. The molecular weight excluding hydrogens is 202 g/mol. The molecule has 0 bridgehead atoms. The Kier molecular flexibility index (Phi) is 3.44. The van der Waals surface area contributed by atoms with E-state index < -0.39 is 5.92 Å². The van der Waals surface area contributed by atoms with Crippen LogP contribution in [0, 0.1) is 0 Å². The summed E-state index contributed by atoms with van der Waals surface area (Å²) in [5, 5.41) is 0. The molecule has 0 fully saturated rings. The fourth-order valence-corrected chi connectivity index (χ4v) is 1.29. The number of nitrogens with zero attached hydrogens (tertiary/aromatic N) is 1. The highest BCUT2D eigenvalue weighted by Crippen LogP contribution is 2.18. The number of alkyl halides is 2. The van der Waals surface area contributed by atoms with Gasteiger partial charge in [0, 0.05) is 19.2 Å². The molecule has 1 heterocycles. The van der Waals surface area contributed by atoms with E-state index in [2.05, 4.69) is 0 Å². The van der Waals surface area contributed by atoms with Gasteiger partial charge in [-0.15, -0.1) is 0 Å². The molecule has 1 aromatic rings. The highest BCUT2D eigenvalue weighted by Gasteiger charge is 2.19. The van der Waals surface area contributed by atoms with Crippen molar-refractivity contribution in [3.63, 3.8) is 0 Å². The summed E-state index contributed by atoms with van der Waals surface area (Å²) < 4.78 is 26.3. The molecule has 0 unspecified atom stereocenters. The number of aromatic nitrogens is 1. The van der Waals surface area contributed by atoms with Gasteiger partial charge in [-0.1, -0.05) is 0 Å². The second-order valence-electron chi connectivity index (χ2n) is 3.64. The van der Waals surface area contributed by atoms with Gasteiger partial charge in [0.05, 0.1) is 5.69 Å². The smallest absolute Gasteiger partial charge is 0.273 e. The van der Waals surface area contributed by atoms with Crippen molar-refractivity contribution >= 4 is 5.69 Å². The van der Waals surface area contributed by atoms with E-state index in [1.54, 1.807) is 12.3 Å². The number of nitrogen functional groups attached to an aromatic ring is 1. The Morgan fingerprint density at radius 1 is 1.53 bits per heavy atom. The van der Waals surface area contributed by atoms with Crippen LogP contribution in [0.5, 0.6) is 0 Å². The molecule has 1 aromatic heterocycles. The molecule has 2 N–H and O–H groups in total. The van der Waals surface area contributed by atoms with Gasteiger partial charge < -0.3 is 10.3 Å². The van der Waals surface area contributed by atoms with E-state index in [0.717, 1.165) is 6.92 Å². The molecule has 0 aliphatic carbocycles. The third-order valence-corrected chi connectivity index (χ3v) is 2.06. The first kappa shape index (κ1) is 11.7. The molecule has 0 amide bonds. The lowest BCUT2D eigenvalue weighted by molar-refractivity contribution is 0.00987. The average molecular weight is 216 g/mol. The molecule has 0 spiro atoms. The predicted octanol–water partition coefficient (Wildman–Crippen LogP) is 1.87. The first-order chi connectivity index (χ1) is 6.90. The minimum absolute atomic E-state index is 0.140. The molecular formula is C10H14F2N2O. The van der Waals surface area contributed by atoms with Gasteiger partial charge in [-0.2, -0.15) is 0 Å². The molecule has 15 heavy (non-hydrogen) atoms. The standard InChI is InChI=1S/C10H14F2N2O/c1-10(11,12)5-3-7-14-6-2-4-8(13)9(14)15/h2,4,6H,3,5,7,13H2,1H3. The number of anilines is 1. The van der Waals surface area contributed by atoms with Gasteiger partial charge in [0.2, 0.25) is 5.92 Å². The van der Waals surface area contributed by atoms with Crippen molar-refractivity contribution in [2.45, 2.75) is 32.2 Å². The van der Waals surface area contributed by atoms with E-state index in [0.29, 0.717) is 0 Å². The maximum atomic E-state index is 12.5. The summed E-state index contributed by atoms with van der Waals surface area (Å²) in [6.45, 7) is 1.14. The van der Waals surface area contributed by atoms with Crippen molar-refractivity contribution in [1.29, 1.82) is 0 Å². The quantitative estimate of drug-likeness (QED) is 0.835. The molecule has 84 valence electrons. The van der Waals surface area contributed by atoms with Gasteiger partial charge in [-0.25, -0.2) is 8.78 Å². The summed E-state index contributed by atoms with van der Waals surface area (Å²) in [5.74, 6) is -2.68. The Bertz CT molecular complexity index is 382. The zero-order valence-electron chi connectivity index (χ0n) is 8.54. The van der Waals surface area contributed by atoms with Crippen molar-refractivity contribution in [2.75, 3.05) is 5.73 Å². The van der Waals surface area contributed by atoms with Crippen LogP contribution in [-0.4, -0.2) is 10.5 Å². The Labute approximate surface area is 86.5 Å². The maximum absolute atomic E-state index is 12.5. The van der Waals surface area contributed by atoms with Crippen LogP contribution >= 0.6 is 0 Å². The summed E-state index contributed by atoms with van der Waals surface area (Å²) in [5.41, 5.74) is 5.21. The zero-order chi connectivity index (χ0) is 11.5. The highest BCUT2D eigenvalue weighted by molar-refractivity contribution is 5.33. The Hall–Kier alpha value is -1.39. The number of hydrogen-bond donors (Lipinski definition) is 1. The van der Waals surface area contributed by atoms with E-state index in [1.165, 1.54) is 10.6 Å². The van der Waals surface area contributed by atoms with Crippen LogP contribution in [0.1, 0.15) is 19.8 Å². The van der Waals surface area contributed by atoms with Crippen molar-refractivity contribution in [1.82, 2.24) is 4.57 Å². The van der Waals surface area contributed by atoms with Crippen LogP contribution in [0.15, 0.2) is 23.1 Å². The summed E-state index contributed by atoms with van der Waals surface area (Å²) in [4.78, 5) is 11.4. The number of rotatable bonds is 4.